The predicted molar refractivity (Wildman–Crippen MR) is 111 cm³/mol. The van der Waals surface area contributed by atoms with Gasteiger partial charge in [-0.1, -0.05) is 20.8 Å². The van der Waals surface area contributed by atoms with Crippen LogP contribution in [0.15, 0.2) is 18.2 Å². The standard InChI is InChI=1S/C21H34N4O2/c1-21(2,3)20(27)23-16-9-10-18(25-13-6-7-14-25)17(15-16)19(26)22-11-8-12-24(4)5/h9-10,15H,6-8,11-14H2,1-5H3,(H,22,26)(H,23,27). The Morgan fingerprint density at radius 3 is 2.41 bits per heavy atom. The fourth-order valence-electron chi connectivity index (χ4n) is 3.04. The highest BCUT2D eigenvalue weighted by atomic mass is 16.2. The van der Waals surface area contributed by atoms with E-state index in [1.165, 1.54) is 0 Å². The highest BCUT2D eigenvalue weighted by Crippen LogP contribution is 2.28. The SMILES string of the molecule is CN(C)CCCNC(=O)c1cc(NC(=O)C(C)(C)C)ccc1N1CCCC1. The van der Waals surface area contributed by atoms with Gasteiger partial charge in [0.25, 0.3) is 5.91 Å². The van der Waals surface area contributed by atoms with Crippen molar-refractivity contribution in [1.29, 1.82) is 0 Å². The van der Waals surface area contributed by atoms with Crippen LogP contribution in [0.1, 0.15) is 50.4 Å². The molecule has 0 radical (unpaired) electrons. The molecule has 1 aliphatic heterocycles. The lowest BCUT2D eigenvalue weighted by Crippen LogP contribution is -2.30. The molecule has 150 valence electrons. The molecule has 2 N–H and O–H groups in total. The van der Waals surface area contributed by atoms with E-state index in [9.17, 15) is 9.59 Å². The van der Waals surface area contributed by atoms with E-state index in [0.717, 1.165) is 44.6 Å². The monoisotopic (exact) mass is 374 g/mol. The summed E-state index contributed by atoms with van der Waals surface area (Å²) in [6.45, 7) is 9.12. The van der Waals surface area contributed by atoms with Crippen molar-refractivity contribution >= 4 is 23.2 Å². The van der Waals surface area contributed by atoms with E-state index < -0.39 is 5.41 Å². The summed E-state index contributed by atoms with van der Waals surface area (Å²) in [7, 11) is 4.04. The van der Waals surface area contributed by atoms with Gasteiger partial charge in [-0.2, -0.15) is 0 Å². The lowest BCUT2D eigenvalue weighted by atomic mass is 9.95. The maximum absolute atomic E-state index is 12.8. The van der Waals surface area contributed by atoms with Crippen molar-refractivity contribution in [3.63, 3.8) is 0 Å². The molecule has 2 rings (SSSR count). The fourth-order valence-corrected chi connectivity index (χ4v) is 3.04. The number of hydrogen-bond acceptors (Lipinski definition) is 4. The number of carbonyl (C=O) groups is 2. The first-order valence-corrected chi connectivity index (χ1v) is 9.82. The third kappa shape index (κ3) is 6.24. The summed E-state index contributed by atoms with van der Waals surface area (Å²) < 4.78 is 0. The Labute approximate surface area is 163 Å². The smallest absolute Gasteiger partial charge is 0.253 e. The van der Waals surface area contributed by atoms with Crippen molar-refractivity contribution in [3.8, 4) is 0 Å². The Balaban J connectivity index is 2.17. The molecule has 0 saturated carbocycles. The van der Waals surface area contributed by atoms with Crippen LogP contribution >= 0.6 is 0 Å². The number of amides is 2. The van der Waals surface area contributed by atoms with Crippen LogP contribution in [0.25, 0.3) is 0 Å². The molecule has 0 aliphatic carbocycles. The van der Waals surface area contributed by atoms with Crippen molar-refractivity contribution in [3.05, 3.63) is 23.8 Å². The minimum absolute atomic E-state index is 0.0613. The molecule has 1 heterocycles. The van der Waals surface area contributed by atoms with Crippen LogP contribution < -0.4 is 15.5 Å². The first kappa shape index (κ1) is 21.2. The van der Waals surface area contributed by atoms with Crippen molar-refractivity contribution in [2.75, 3.05) is 50.5 Å². The molecular formula is C21H34N4O2. The molecule has 0 unspecified atom stereocenters. The van der Waals surface area contributed by atoms with Gasteiger partial charge in [0, 0.05) is 36.4 Å². The molecule has 1 saturated heterocycles. The van der Waals surface area contributed by atoms with Crippen LogP contribution in [0.5, 0.6) is 0 Å². The maximum atomic E-state index is 12.8. The summed E-state index contributed by atoms with van der Waals surface area (Å²) in [5, 5.41) is 5.96. The summed E-state index contributed by atoms with van der Waals surface area (Å²) in [4.78, 5) is 29.5. The quantitative estimate of drug-likeness (QED) is 0.720. The minimum Gasteiger partial charge on any atom is -0.371 e. The average Bonchev–Trinajstić information content (AvgIpc) is 3.11. The number of carbonyl (C=O) groups excluding carboxylic acids is 2. The Morgan fingerprint density at radius 1 is 1.15 bits per heavy atom. The molecule has 0 bridgehead atoms. The van der Waals surface area contributed by atoms with E-state index >= 15 is 0 Å². The second kappa shape index (κ2) is 9.22. The van der Waals surface area contributed by atoms with Crippen molar-refractivity contribution in [2.24, 2.45) is 5.41 Å². The molecule has 6 nitrogen and oxygen atoms in total. The number of anilines is 2. The van der Waals surface area contributed by atoms with Gasteiger partial charge in [-0.15, -0.1) is 0 Å². The van der Waals surface area contributed by atoms with E-state index in [2.05, 4.69) is 20.4 Å². The van der Waals surface area contributed by atoms with Gasteiger partial charge in [-0.05, 0) is 58.1 Å². The number of nitrogens with one attached hydrogen (secondary N) is 2. The van der Waals surface area contributed by atoms with Crippen LogP contribution in [-0.2, 0) is 4.79 Å². The molecule has 0 spiro atoms. The van der Waals surface area contributed by atoms with Gasteiger partial charge in [-0.25, -0.2) is 0 Å². The Kier molecular flexibility index (Phi) is 7.25. The highest BCUT2D eigenvalue weighted by molar-refractivity contribution is 6.02. The van der Waals surface area contributed by atoms with E-state index in [1.54, 1.807) is 6.07 Å². The molecule has 27 heavy (non-hydrogen) atoms. The van der Waals surface area contributed by atoms with Crippen molar-refractivity contribution < 1.29 is 9.59 Å². The molecule has 1 fully saturated rings. The molecule has 0 atom stereocenters. The van der Waals surface area contributed by atoms with Crippen LogP contribution in [0, 0.1) is 5.41 Å². The summed E-state index contributed by atoms with van der Waals surface area (Å²) in [5.41, 5.74) is 1.76. The predicted octanol–water partition coefficient (Wildman–Crippen LogP) is 2.95. The van der Waals surface area contributed by atoms with E-state index in [1.807, 2.05) is 47.0 Å². The van der Waals surface area contributed by atoms with Gasteiger partial charge < -0.3 is 20.4 Å². The number of rotatable bonds is 7. The van der Waals surface area contributed by atoms with E-state index in [0.29, 0.717) is 17.8 Å². The van der Waals surface area contributed by atoms with Crippen molar-refractivity contribution in [1.82, 2.24) is 10.2 Å². The Hall–Kier alpha value is -2.08. The lowest BCUT2D eigenvalue weighted by Gasteiger charge is -2.23. The zero-order valence-electron chi connectivity index (χ0n) is 17.4. The Morgan fingerprint density at radius 2 is 1.81 bits per heavy atom. The Bertz CT molecular complexity index is 659. The largest absolute Gasteiger partial charge is 0.371 e. The second-order valence-electron chi connectivity index (χ2n) is 8.54. The normalized spacial score (nSPS) is 14.5. The maximum Gasteiger partial charge on any atom is 0.253 e. The lowest BCUT2D eigenvalue weighted by molar-refractivity contribution is -0.123. The number of benzene rings is 1. The van der Waals surface area contributed by atoms with E-state index in [-0.39, 0.29) is 11.8 Å². The third-order valence-electron chi connectivity index (χ3n) is 4.69. The molecule has 2 amide bonds. The summed E-state index contributed by atoms with van der Waals surface area (Å²) in [5.74, 6) is -0.142. The highest BCUT2D eigenvalue weighted by Gasteiger charge is 2.23. The molecule has 6 heteroatoms. The summed E-state index contributed by atoms with van der Waals surface area (Å²) >= 11 is 0. The first-order valence-electron chi connectivity index (χ1n) is 9.82. The third-order valence-corrected chi connectivity index (χ3v) is 4.69. The number of hydrogen-bond donors (Lipinski definition) is 2. The molecule has 1 aliphatic rings. The summed E-state index contributed by atoms with van der Waals surface area (Å²) in [6, 6.07) is 5.65. The first-order chi connectivity index (χ1) is 12.7. The van der Waals surface area contributed by atoms with Crippen LogP contribution in [0.3, 0.4) is 0 Å². The van der Waals surface area contributed by atoms with E-state index in [4.69, 9.17) is 0 Å². The topological polar surface area (TPSA) is 64.7 Å². The van der Waals surface area contributed by atoms with Crippen LogP contribution in [0.2, 0.25) is 0 Å². The van der Waals surface area contributed by atoms with Gasteiger partial charge in [-0.3, -0.25) is 9.59 Å². The molecular weight excluding hydrogens is 340 g/mol. The second-order valence-corrected chi connectivity index (χ2v) is 8.54. The van der Waals surface area contributed by atoms with Gasteiger partial charge >= 0.3 is 0 Å². The van der Waals surface area contributed by atoms with Gasteiger partial charge in [0.1, 0.15) is 0 Å². The van der Waals surface area contributed by atoms with Gasteiger partial charge in [0.05, 0.1) is 5.56 Å². The summed E-state index contributed by atoms with van der Waals surface area (Å²) in [6.07, 6.45) is 3.19. The average molecular weight is 375 g/mol. The van der Waals surface area contributed by atoms with Gasteiger partial charge in [0.15, 0.2) is 0 Å². The van der Waals surface area contributed by atoms with Crippen LogP contribution in [-0.4, -0.2) is 57.0 Å². The molecule has 1 aromatic carbocycles. The minimum atomic E-state index is -0.484. The van der Waals surface area contributed by atoms with Gasteiger partial charge in [0.2, 0.25) is 5.91 Å². The molecule has 1 aromatic rings. The van der Waals surface area contributed by atoms with Crippen LogP contribution in [0.4, 0.5) is 11.4 Å². The number of nitrogens with zero attached hydrogens (tertiary/aromatic N) is 2. The zero-order valence-corrected chi connectivity index (χ0v) is 17.4. The zero-order chi connectivity index (χ0) is 20.0. The van der Waals surface area contributed by atoms with Crippen molar-refractivity contribution in [2.45, 2.75) is 40.0 Å². The fraction of sp³-hybridized carbons (Fsp3) is 0.619. The molecule has 0 aromatic heterocycles.